The van der Waals surface area contributed by atoms with Crippen LogP contribution in [0.25, 0.3) is 11.3 Å². The largest absolute Gasteiger partial charge is 0.473 e. The summed E-state index contributed by atoms with van der Waals surface area (Å²) in [6.45, 7) is 0. The van der Waals surface area contributed by atoms with Gasteiger partial charge in [0.2, 0.25) is 21.1 Å². The van der Waals surface area contributed by atoms with E-state index in [2.05, 4.69) is 14.7 Å². The fraction of sp³-hybridized carbons (Fsp3) is 0.214. The van der Waals surface area contributed by atoms with Crippen molar-refractivity contribution in [1.82, 2.24) is 9.97 Å². The minimum Gasteiger partial charge on any atom is -0.473 e. The Balaban J connectivity index is 2.28. The predicted octanol–water partition coefficient (Wildman–Crippen LogP) is 1.29. The van der Waals surface area contributed by atoms with Gasteiger partial charge in [0, 0.05) is 23.6 Å². The van der Waals surface area contributed by atoms with E-state index in [0.29, 0.717) is 0 Å². The first kappa shape index (κ1) is 15.3. The number of halogens is 1. The van der Waals surface area contributed by atoms with Gasteiger partial charge in [-0.1, -0.05) is 0 Å². The maximum absolute atomic E-state index is 13.5. The molecule has 0 saturated heterocycles. The molecule has 0 amide bonds. The summed E-state index contributed by atoms with van der Waals surface area (Å²) in [5, 5.41) is -0.419. The third-order valence-electron chi connectivity index (χ3n) is 3.27. The van der Waals surface area contributed by atoms with Crippen LogP contribution in [0.2, 0.25) is 0 Å². The topological polar surface area (TPSA) is 95.5 Å². The fourth-order valence-corrected chi connectivity index (χ4v) is 2.73. The number of nitrogens with zero attached hydrogens (tertiary/aromatic N) is 2. The van der Waals surface area contributed by atoms with Gasteiger partial charge in [0.15, 0.2) is 0 Å². The van der Waals surface area contributed by atoms with Crippen LogP contribution in [0.5, 0.6) is 5.75 Å². The van der Waals surface area contributed by atoms with Gasteiger partial charge < -0.3 is 9.47 Å². The molecule has 0 spiro atoms. The lowest BCUT2D eigenvalue weighted by Crippen LogP contribution is -2.25. The molecule has 1 aromatic heterocycles. The Kier molecular flexibility index (Phi) is 3.52. The number of fused-ring (bicyclic) bond motifs is 3. The molecule has 1 aliphatic rings. The van der Waals surface area contributed by atoms with E-state index in [0.717, 1.165) is 18.4 Å². The SMILES string of the molecule is COC(=O)[C@@H]1Oc2ccc(F)cc2-c2nc(S(C)(=O)=O)ncc21. The molecule has 0 saturated carbocycles. The first-order valence-electron chi connectivity index (χ1n) is 6.42. The number of sulfone groups is 1. The molecule has 0 fully saturated rings. The highest BCUT2D eigenvalue weighted by atomic mass is 32.2. The van der Waals surface area contributed by atoms with E-state index >= 15 is 0 Å². The van der Waals surface area contributed by atoms with E-state index in [1.165, 1.54) is 19.4 Å². The number of aromatic nitrogens is 2. The molecule has 0 aliphatic carbocycles. The van der Waals surface area contributed by atoms with Crippen molar-refractivity contribution >= 4 is 15.8 Å². The number of carbonyl (C=O) groups excluding carboxylic acids is 1. The van der Waals surface area contributed by atoms with Crippen molar-refractivity contribution < 1.29 is 27.1 Å². The third-order valence-corrected chi connectivity index (χ3v) is 4.13. The molecule has 23 heavy (non-hydrogen) atoms. The van der Waals surface area contributed by atoms with Gasteiger partial charge >= 0.3 is 5.97 Å². The van der Waals surface area contributed by atoms with Crippen molar-refractivity contribution in [2.45, 2.75) is 11.3 Å². The molecule has 1 aliphatic heterocycles. The number of benzene rings is 1. The molecular weight excluding hydrogens is 327 g/mol. The lowest BCUT2D eigenvalue weighted by Gasteiger charge is -2.26. The molecule has 0 unspecified atom stereocenters. The van der Waals surface area contributed by atoms with E-state index in [9.17, 15) is 17.6 Å². The number of hydrogen-bond acceptors (Lipinski definition) is 7. The van der Waals surface area contributed by atoms with Crippen molar-refractivity contribution in [3.8, 4) is 17.0 Å². The summed E-state index contributed by atoms with van der Waals surface area (Å²) in [5.74, 6) is -1.04. The lowest BCUT2D eigenvalue weighted by atomic mass is 9.99. The van der Waals surface area contributed by atoms with E-state index in [1.54, 1.807) is 0 Å². The second-order valence-electron chi connectivity index (χ2n) is 4.89. The first-order valence-corrected chi connectivity index (χ1v) is 8.32. The average molecular weight is 338 g/mol. The van der Waals surface area contributed by atoms with E-state index in [1.807, 2.05) is 0 Å². The van der Waals surface area contributed by atoms with Crippen molar-refractivity contribution in [2.75, 3.05) is 13.4 Å². The molecule has 2 heterocycles. The standard InChI is InChI=1S/C14H11FN2O5S/c1-21-13(18)12-9-6-16-14(23(2,19)20)17-11(9)8-5-7(15)3-4-10(8)22-12/h3-6,12H,1-2H3/t12-/m1/s1. The molecule has 9 heteroatoms. The van der Waals surface area contributed by atoms with E-state index in [4.69, 9.17) is 4.74 Å². The first-order chi connectivity index (χ1) is 10.8. The van der Waals surface area contributed by atoms with Crippen LogP contribution in [0.3, 0.4) is 0 Å². The molecule has 0 radical (unpaired) electrons. The fourth-order valence-electron chi connectivity index (χ4n) is 2.22. The van der Waals surface area contributed by atoms with Gasteiger partial charge in [-0.2, -0.15) is 0 Å². The molecule has 1 atom stereocenters. The van der Waals surface area contributed by atoms with Crippen molar-refractivity contribution in [3.05, 3.63) is 35.8 Å². The normalized spacial score (nSPS) is 16.0. The molecule has 7 nitrogen and oxygen atoms in total. The van der Waals surface area contributed by atoms with E-state index in [-0.39, 0.29) is 22.6 Å². The number of ether oxygens (including phenoxy) is 2. The average Bonchev–Trinajstić information content (AvgIpc) is 2.52. The Bertz CT molecular complexity index is 913. The summed E-state index contributed by atoms with van der Waals surface area (Å²) in [7, 11) is -2.47. The van der Waals surface area contributed by atoms with Crippen LogP contribution in [0.4, 0.5) is 4.39 Å². The zero-order valence-electron chi connectivity index (χ0n) is 12.1. The monoisotopic (exact) mass is 338 g/mol. The van der Waals surface area contributed by atoms with Crippen molar-refractivity contribution in [2.24, 2.45) is 0 Å². The van der Waals surface area contributed by atoms with Crippen LogP contribution >= 0.6 is 0 Å². The number of hydrogen-bond donors (Lipinski definition) is 0. The van der Waals surface area contributed by atoms with Crippen LogP contribution in [0.15, 0.2) is 29.6 Å². The minimum absolute atomic E-state index is 0.122. The molecule has 3 rings (SSSR count). The van der Waals surface area contributed by atoms with Gasteiger partial charge in [-0.15, -0.1) is 0 Å². The highest BCUT2D eigenvalue weighted by Crippen LogP contribution is 2.41. The minimum atomic E-state index is -3.67. The molecule has 0 N–H and O–H groups in total. The van der Waals surface area contributed by atoms with Gasteiger partial charge in [0.1, 0.15) is 11.6 Å². The Hall–Kier alpha value is -2.55. The van der Waals surface area contributed by atoms with Crippen molar-refractivity contribution in [3.63, 3.8) is 0 Å². The zero-order chi connectivity index (χ0) is 16.8. The Morgan fingerprint density at radius 2 is 2.13 bits per heavy atom. The molecule has 120 valence electrons. The number of carbonyl (C=O) groups is 1. The summed E-state index contributed by atoms with van der Waals surface area (Å²) < 4.78 is 47.0. The lowest BCUT2D eigenvalue weighted by molar-refractivity contribution is -0.149. The zero-order valence-corrected chi connectivity index (χ0v) is 12.9. The quantitative estimate of drug-likeness (QED) is 0.601. The number of esters is 1. The number of rotatable bonds is 2. The Labute approximate surface area is 131 Å². The van der Waals surface area contributed by atoms with Crippen LogP contribution in [-0.2, 0) is 19.4 Å². The summed E-state index contributed by atoms with van der Waals surface area (Å²) >= 11 is 0. The Morgan fingerprint density at radius 3 is 2.78 bits per heavy atom. The predicted molar refractivity (Wildman–Crippen MR) is 75.9 cm³/mol. The summed E-state index contributed by atoms with van der Waals surface area (Å²) in [6, 6.07) is 3.66. The van der Waals surface area contributed by atoms with Gasteiger partial charge in [-0.3, -0.25) is 0 Å². The molecule has 0 bridgehead atoms. The van der Waals surface area contributed by atoms with Gasteiger partial charge in [0.05, 0.1) is 12.8 Å². The maximum Gasteiger partial charge on any atom is 0.351 e. The number of methoxy groups -OCH3 is 1. The molecular formula is C14H11FN2O5S. The molecule has 2 aromatic rings. The highest BCUT2D eigenvalue weighted by molar-refractivity contribution is 7.90. The second kappa shape index (κ2) is 5.27. The van der Waals surface area contributed by atoms with Gasteiger partial charge in [-0.25, -0.2) is 27.6 Å². The van der Waals surface area contributed by atoms with Gasteiger partial charge in [0.25, 0.3) is 0 Å². The van der Waals surface area contributed by atoms with Crippen LogP contribution in [0, 0.1) is 5.82 Å². The van der Waals surface area contributed by atoms with Crippen molar-refractivity contribution in [1.29, 1.82) is 0 Å². The van der Waals surface area contributed by atoms with Crippen LogP contribution in [0.1, 0.15) is 11.7 Å². The van der Waals surface area contributed by atoms with Gasteiger partial charge in [-0.05, 0) is 18.2 Å². The smallest absolute Gasteiger partial charge is 0.351 e. The Morgan fingerprint density at radius 1 is 1.39 bits per heavy atom. The summed E-state index contributed by atoms with van der Waals surface area (Å²) in [5.41, 5.74) is 0.575. The third kappa shape index (κ3) is 2.63. The van der Waals surface area contributed by atoms with Crippen LogP contribution < -0.4 is 4.74 Å². The summed E-state index contributed by atoms with van der Waals surface area (Å²) in [6.07, 6.45) is 0.980. The van der Waals surface area contributed by atoms with E-state index < -0.39 is 32.9 Å². The van der Waals surface area contributed by atoms with Crippen LogP contribution in [-0.4, -0.2) is 37.7 Å². The summed E-state index contributed by atoms with van der Waals surface area (Å²) in [4.78, 5) is 19.6. The molecule has 1 aromatic carbocycles. The second-order valence-corrected chi connectivity index (χ2v) is 6.80. The maximum atomic E-state index is 13.5. The highest BCUT2D eigenvalue weighted by Gasteiger charge is 2.35.